The molecule has 0 saturated carbocycles. The highest BCUT2D eigenvalue weighted by Gasteiger charge is 2.08. The molecule has 3 rings (SSSR count). The van der Waals surface area contributed by atoms with Crippen LogP contribution >= 0.6 is 0 Å². The van der Waals surface area contributed by atoms with Crippen LogP contribution in [0.1, 0.15) is 0 Å². The molecule has 0 amide bonds. The van der Waals surface area contributed by atoms with Crippen molar-refractivity contribution in [2.75, 3.05) is 5.32 Å². The van der Waals surface area contributed by atoms with Crippen molar-refractivity contribution in [3.05, 3.63) is 48.7 Å². The van der Waals surface area contributed by atoms with Gasteiger partial charge in [0.15, 0.2) is 0 Å². The molecule has 1 aromatic heterocycles. The van der Waals surface area contributed by atoms with Gasteiger partial charge < -0.3 is 10.4 Å². The normalized spacial score (nSPS) is 11.5. The van der Waals surface area contributed by atoms with Crippen molar-refractivity contribution in [1.29, 1.82) is 0 Å². The molecule has 8 heteroatoms. The van der Waals surface area contributed by atoms with Crippen molar-refractivity contribution >= 4 is 32.6 Å². The van der Waals surface area contributed by atoms with E-state index in [9.17, 15) is 13.5 Å². The lowest BCUT2D eigenvalue weighted by Gasteiger charge is -2.07. The van der Waals surface area contributed by atoms with Gasteiger partial charge in [-0.05, 0) is 30.3 Å². The molecule has 0 unspecified atom stereocenters. The van der Waals surface area contributed by atoms with E-state index >= 15 is 0 Å². The Morgan fingerprint density at radius 1 is 1.14 bits per heavy atom. The first-order valence-electron chi connectivity index (χ1n) is 6.27. The second-order valence-corrected chi connectivity index (χ2v) is 6.20. The summed E-state index contributed by atoms with van der Waals surface area (Å²) in [4.78, 5) is 8.40. The summed E-state index contributed by atoms with van der Waals surface area (Å²) >= 11 is 0. The minimum Gasteiger partial charge on any atom is -0.508 e. The molecule has 0 spiro atoms. The fourth-order valence-electron chi connectivity index (χ4n) is 1.95. The lowest BCUT2D eigenvalue weighted by molar-refractivity contribution is 0.476. The van der Waals surface area contributed by atoms with Crippen LogP contribution in [0.15, 0.2) is 53.6 Å². The summed E-state index contributed by atoms with van der Waals surface area (Å²) in [6, 6.07) is 10.8. The standard InChI is InChI=1S/C14H12N4O3S/c15-22(20,21)12-3-1-2-10(6-12)17-14-16-8-9-4-5-11(19)7-13(9)18-14/h1-8,19H,(H2,15,20,21)(H,16,17,18). The molecule has 0 saturated heterocycles. The number of nitrogens with one attached hydrogen (secondary N) is 1. The fraction of sp³-hybridized carbons (Fsp3) is 0. The van der Waals surface area contributed by atoms with Gasteiger partial charge in [-0.1, -0.05) is 6.07 Å². The Balaban J connectivity index is 1.96. The highest BCUT2D eigenvalue weighted by atomic mass is 32.2. The predicted octanol–water partition coefficient (Wildman–Crippen LogP) is 1.73. The molecule has 0 bridgehead atoms. The molecule has 0 radical (unpaired) electrons. The molecular formula is C14H12N4O3S. The lowest BCUT2D eigenvalue weighted by Crippen LogP contribution is -2.12. The smallest absolute Gasteiger partial charge is 0.238 e. The second-order valence-electron chi connectivity index (χ2n) is 4.63. The van der Waals surface area contributed by atoms with Crippen LogP contribution in [-0.4, -0.2) is 23.5 Å². The maximum atomic E-state index is 11.3. The van der Waals surface area contributed by atoms with Crippen LogP contribution in [-0.2, 0) is 10.0 Å². The molecule has 0 aliphatic heterocycles. The zero-order valence-electron chi connectivity index (χ0n) is 11.3. The number of nitrogens with two attached hydrogens (primary N) is 1. The summed E-state index contributed by atoms with van der Waals surface area (Å²) in [6.07, 6.45) is 1.60. The zero-order valence-corrected chi connectivity index (χ0v) is 12.1. The van der Waals surface area contributed by atoms with Crippen molar-refractivity contribution in [3.63, 3.8) is 0 Å². The summed E-state index contributed by atoms with van der Waals surface area (Å²) in [5.74, 6) is 0.387. The third kappa shape index (κ3) is 2.97. The van der Waals surface area contributed by atoms with Crippen LogP contribution < -0.4 is 10.5 Å². The molecule has 0 aliphatic rings. The Morgan fingerprint density at radius 2 is 1.95 bits per heavy atom. The molecule has 112 valence electrons. The number of benzene rings is 2. The van der Waals surface area contributed by atoms with Gasteiger partial charge in [-0.15, -0.1) is 0 Å². The summed E-state index contributed by atoms with van der Waals surface area (Å²) < 4.78 is 22.7. The van der Waals surface area contributed by atoms with E-state index < -0.39 is 10.0 Å². The van der Waals surface area contributed by atoms with Gasteiger partial charge in [0.2, 0.25) is 16.0 Å². The number of phenols is 1. The maximum absolute atomic E-state index is 11.3. The number of primary sulfonamides is 1. The van der Waals surface area contributed by atoms with E-state index in [1.165, 1.54) is 18.2 Å². The number of fused-ring (bicyclic) bond motifs is 1. The first kappa shape index (κ1) is 14.2. The number of anilines is 2. The van der Waals surface area contributed by atoms with Crippen LogP contribution in [0.3, 0.4) is 0 Å². The van der Waals surface area contributed by atoms with E-state index in [1.54, 1.807) is 30.5 Å². The fourth-order valence-corrected chi connectivity index (χ4v) is 2.51. The van der Waals surface area contributed by atoms with Crippen LogP contribution in [0.2, 0.25) is 0 Å². The Bertz CT molecular complexity index is 957. The Labute approximate surface area is 126 Å². The molecule has 2 aromatic carbocycles. The third-order valence-corrected chi connectivity index (χ3v) is 3.90. The van der Waals surface area contributed by atoms with Gasteiger partial charge in [-0.25, -0.2) is 23.5 Å². The van der Waals surface area contributed by atoms with Gasteiger partial charge in [0.05, 0.1) is 10.4 Å². The Hall–Kier alpha value is -2.71. The van der Waals surface area contributed by atoms with Gasteiger partial charge in [0.1, 0.15) is 5.75 Å². The molecular weight excluding hydrogens is 304 g/mol. The topological polar surface area (TPSA) is 118 Å². The SMILES string of the molecule is NS(=O)(=O)c1cccc(Nc2ncc3ccc(O)cc3n2)c1. The first-order chi connectivity index (χ1) is 10.4. The summed E-state index contributed by atoms with van der Waals surface area (Å²) in [7, 11) is -3.77. The Morgan fingerprint density at radius 3 is 2.73 bits per heavy atom. The minimum absolute atomic E-state index is 0.00377. The Kier molecular flexibility index (Phi) is 3.39. The molecule has 0 atom stereocenters. The van der Waals surface area contributed by atoms with Crippen LogP contribution in [0.5, 0.6) is 5.75 Å². The molecule has 3 aromatic rings. The first-order valence-corrected chi connectivity index (χ1v) is 7.82. The van der Waals surface area contributed by atoms with E-state index in [4.69, 9.17) is 5.14 Å². The molecule has 22 heavy (non-hydrogen) atoms. The summed E-state index contributed by atoms with van der Waals surface area (Å²) in [5.41, 5.74) is 1.06. The van der Waals surface area contributed by atoms with Crippen molar-refractivity contribution < 1.29 is 13.5 Å². The summed E-state index contributed by atoms with van der Waals surface area (Å²) in [6.45, 7) is 0. The van der Waals surface area contributed by atoms with E-state index in [2.05, 4.69) is 15.3 Å². The van der Waals surface area contributed by atoms with E-state index in [0.717, 1.165) is 5.39 Å². The van der Waals surface area contributed by atoms with Crippen LogP contribution in [0, 0.1) is 0 Å². The molecule has 1 heterocycles. The zero-order chi connectivity index (χ0) is 15.7. The van der Waals surface area contributed by atoms with Gasteiger partial charge >= 0.3 is 0 Å². The van der Waals surface area contributed by atoms with Gasteiger partial charge in [0, 0.05) is 23.3 Å². The highest BCUT2D eigenvalue weighted by molar-refractivity contribution is 7.89. The van der Waals surface area contributed by atoms with E-state index in [-0.39, 0.29) is 16.6 Å². The second kappa shape index (κ2) is 5.24. The van der Waals surface area contributed by atoms with Gasteiger partial charge in [-0.2, -0.15) is 0 Å². The van der Waals surface area contributed by atoms with E-state index in [0.29, 0.717) is 11.2 Å². The number of sulfonamides is 1. The monoisotopic (exact) mass is 316 g/mol. The van der Waals surface area contributed by atoms with Crippen molar-refractivity contribution in [3.8, 4) is 5.75 Å². The average molecular weight is 316 g/mol. The van der Waals surface area contributed by atoms with Gasteiger partial charge in [-0.3, -0.25) is 0 Å². The number of nitrogens with zero attached hydrogens (tertiary/aromatic N) is 2. The van der Waals surface area contributed by atoms with Crippen molar-refractivity contribution in [1.82, 2.24) is 9.97 Å². The third-order valence-electron chi connectivity index (χ3n) is 2.99. The lowest BCUT2D eigenvalue weighted by atomic mass is 10.2. The largest absolute Gasteiger partial charge is 0.508 e. The number of hydrogen-bond acceptors (Lipinski definition) is 6. The van der Waals surface area contributed by atoms with Crippen molar-refractivity contribution in [2.45, 2.75) is 4.90 Å². The average Bonchev–Trinajstić information content (AvgIpc) is 2.46. The maximum Gasteiger partial charge on any atom is 0.238 e. The highest BCUT2D eigenvalue weighted by Crippen LogP contribution is 2.21. The number of hydrogen-bond donors (Lipinski definition) is 3. The molecule has 4 N–H and O–H groups in total. The molecule has 0 aliphatic carbocycles. The van der Waals surface area contributed by atoms with Crippen molar-refractivity contribution in [2.24, 2.45) is 5.14 Å². The molecule has 0 fully saturated rings. The quantitative estimate of drug-likeness (QED) is 0.677. The number of aromatic hydroxyl groups is 1. The molecule has 7 nitrogen and oxygen atoms in total. The summed E-state index contributed by atoms with van der Waals surface area (Å²) in [5, 5.41) is 18.3. The number of phenolic OH excluding ortho intramolecular Hbond substituents is 1. The van der Waals surface area contributed by atoms with E-state index in [1.807, 2.05) is 0 Å². The number of aromatic nitrogens is 2. The minimum atomic E-state index is -3.77. The van der Waals surface area contributed by atoms with Crippen LogP contribution in [0.4, 0.5) is 11.6 Å². The predicted molar refractivity (Wildman–Crippen MR) is 82.3 cm³/mol. The van der Waals surface area contributed by atoms with Crippen LogP contribution in [0.25, 0.3) is 10.9 Å². The number of rotatable bonds is 3. The van der Waals surface area contributed by atoms with Gasteiger partial charge in [0.25, 0.3) is 0 Å².